The van der Waals surface area contributed by atoms with Crippen LogP contribution in [0.1, 0.15) is 13.3 Å². The van der Waals surface area contributed by atoms with Gasteiger partial charge < -0.3 is 0 Å². The zero-order valence-corrected chi connectivity index (χ0v) is 6.60. The summed E-state index contributed by atoms with van der Waals surface area (Å²) in [6.07, 6.45) is 5.84. The van der Waals surface area contributed by atoms with E-state index in [4.69, 9.17) is 0 Å². The van der Waals surface area contributed by atoms with E-state index in [-0.39, 0.29) is 0 Å². The molecule has 46 valence electrons. The summed E-state index contributed by atoms with van der Waals surface area (Å²) in [6, 6.07) is 0. The van der Waals surface area contributed by atoms with Crippen molar-refractivity contribution in [2.24, 2.45) is 0 Å². The second-order valence-corrected chi connectivity index (χ2v) is 4.41. The van der Waals surface area contributed by atoms with Crippen molar-refractivity contribution in [3.05, 3.63) is 12.2 Å². The molecule has 0 fully saturated rings. The SMILES string of the molecule is CC[C@@H]1C=CCSS1. The topological polar surface area (TPSA) is 0 Å². The van der Waals surface area contributed by atoms with Gasteiger partial charge in [0.1, 0.15) is 0 Å². The minimum atomic E-state index is 0.786. The van der Waals surface area contributed by atoms with E-state index in [0.717, 1.165) is 5.25 Å². The van der Waals surface area contributed by atoms with Crippen LogP contribution in [0.15, 0.2) is 12.2 Å². The summed E-state index contributed by atoms with van der Waals surface area (Å²) in [7, 11) is 3.95. The summed E-state index contributed by atoms with van der Waals surface area (Å²) in [5, 5.41) is 0.786. The van der Waals surface area contributed by atoms with Gasteiger partial charge in [-0.25, -0.2) is 0 Å². The smallest absolute Gasteiger partial charge is 0.0328 e. The van der Waals surface area contributed by atoms with Crippen LogP contribution < -0.4 is 0 Å². The van der Waals surface area contributed by atoms with Crippen LogP contribution in [-0.2, 0) is 0 Å². The highest BCUT2D eigenvalue weighted by Crippen LogP contribution is 2.32. The molecule has 0 saturated heterocycles. The van der Waals surface area contributed by atoms with Crippen LogP contribution >= 0.6 is 21.6 Å². The highest BCUT2D eigenvalue weighted by molar-refractivity contribution is 8.77. The Kier molecular flexibility index (Phi) is 2.84. The average molecular weight is 146 g/mol. The van der Waals surface area contributed by atoms with Gasteiger partial charge in [-0.15, -0.1) is 0 Å². The Morgan fingerprint density at radius 2 is 2.62 bits per heavy atom. The minimum Gasteiger partial charge on any atom is -0.0894 e. The lowest BCUT2D eigenvalue weighted by Gasteiger charge is -2.11. The molecule has 8 heavy (non-hydrogen) atoms. The quantitative estimate of drug-likeness (QED) is 0.412. The van der Waals surface area contributed by atoms with Crippen molar-refractivity contribution in [1.29, 1.82) is 0 Å². The monoisotopic (exact) mass is 146 g/mol. The first-order valence-corrected chi connectivity index (χ1v) is 5.26. The maximum atomic E-state index is 2.31. The van der Waals surface area contributed by atoms with Crippen LogP contribution in [0.2, 0.25) is 0 Å². The van der Waals surface area contributed by atoms with Gasteiger partial charge in [-0.2, -0.15) is 0 Å². The number of hydrogen-bond acceptors (Lipinski definition) is 2. The van der Waals surface area contributed by atoms with Crippen molar-refractivity contribution in [3.8, 4) is 0 Å². The lowest BCUT2D eigenvalue weighted by atomic mass is 10.3. The first-order valence-electron chi connectivity index (χ1n) is 2.88. The van der Waals surface area contributed by atoms with Gasteiger partial charge in [0.15, 0.2) is 0 Å². The molecule has 0 nitrogen and oxygen atoms in total. The van der Waals surface area contributed by atoms with Gasteiger partial charge in [0, 0.05) is 11.0 Å². The molecule has 2 heteroatoms. The Hall–Kier alpha value is 0.440. The molecule has 0 aromatic rings. The Morgan fingerprint density at radius 1 is 1.75 bits per heavy atom. The fraction of sp³-hybridized carbons (Fsp3) is 0.667. The van der Waals surface area contributed by atoms with Gasteiger partial charge in [-0.3, -0.25) is 0 Å². The van der Waals surface area contributed by atoms with Gasteiger partial charge in [0.2, 0.25) is 0 Å². The lowest BCUT2D eigenvalue weighted by Crippen LogP contribution is -1.96. The molecule has 0 aliphatic carbocycles. The van der Waals surface area contributed by atoms with E-state index in [9.17, 15) is 0 Å². The second kappa shape index (κ2) is 3.46. The molecule has 1 aliphatic rings. The summed E-state index contributed by atoms with van der Waals surface area (Å²) < 4.78 is 0. The van der Waals surface area contributed by atoms with Crippen LogP contribution in [0.3, 0.4) is 0 Å². The van der Waals surface area contributed by atoms with Crippen LogP contribution in [0.5, 0.6) is 0 Å². The van der Waals surface area contributed by atoms with E-state index in [1.807, 2.05) is 21.6 Å². The summed E-state index contributed by atoms with van der Waals surface area (Å²) in [5.74, 6) is 1.20. The van der Waals surface area contributed by atoms with Crippen molar-refractivity contribution in [2.75, 3.05) is 5.75 Å². The van der Waals surface area contributed by atoms with Gasteiger partial charge in [-0.05, 0) is 6.42 Å². The molecule has 0 radical (unpaired) electrons. The van der Waals surface area contributed by atoms with Crippen molar-refractivity contribution >= 4 is 21.6 Å². The van der Waals surface area contributed by atoms with Crippen LogP contribution in [0, 0.1) is 0 Å². The fourth-order valence-electron chi connectivity index (χ4n) is 0.609. The molecule has 0 amide bonds. The summed E-state index contributed by atoms with van der Waals surface area (Å²) in [5.41, 5.74) is 0. The van der Waals surface area contributed by atoms with E-state index < -0.39 is 0 Å². The first kappa shape index (κ1) is 6.56. The number of rotatable bonds is 1. The van der Waals surface area contributed by atoms with Crippen LogP contribution in [-0.4, -0.2) is 11.0 Å². The van der Waals surface area contributed by atoms with E-state index in [1.54, 1.807) is 0 Å². The van der Waals surface area contributed by atoms with E-state index >= 15 is 0 Å². The molecule has 0 bridgehead atoms. The number of hydrogen-bond donors (Lipinski definition) is 0. The third-order valence-corrected chi connectivity index (χ3v) is 3.87. The molecule has 0 aromatic heterocycles. The van der Waals surface area contributed by atoms with Gasteiger partial charge >= 0.3 is 0 Å². The van der Waals surface area contributed by atoms with Gasteiger partial charge in [0.25, 0.3) is 0 Å². The zero-order chi connectivity index (χ0) is 5.82. The minimum absolute atomic E-state index is 0.786. The first-order chi connectivity index (χ1) is 3.93. The average Bonchev–Trinajstić information content (AvgIpc) is 1.90. The standard InChI is InChI=1S/C6H10S2/c1-2-6-4-3-5-7-8-6/h3-4,6H,2,5H2,1H3/t6-/m1/s1. The highest BCUT2D eigenvalue weighted by atomic mass is 33.1. The normalized spacial score (nSPS) is 28.4. The molecule has 0 aromatic carbocycles. The summed E-state index contributed by atoms with van der Waals surface area (Å²) >= 11 is 0. The van der Waals surface area contributed by atoms with Crippen LogP contribution in [0.4, 0.5) is 0 Å². The van der Waals surface area contributed by atoms with Crippen LogP contribution in [0.25, 0.3) is 0 Å². The molecule has 1 atom stereocenters. The lowest BCUT2D eigenvalue weighted by molar-refractivity contribution is 0.980. The second-order valence-electron chi connectivity index (χ2n) is 1.76. The van der Waals surface area contributed by atoms with E-state index in [2.05, 4.69) is 19.1 Å². The summed E-state index contributed by atoms with van der Waals surface area (Å²) in [4.78, 5) is 0. The molecular weight excluding hydrogens is 136 g/mol. The molecular formula is C6H10S2. The Morgan fingerprint density at radius 3 is 3.00 bits per heavy atom. The van der Waals surface area contributed by atoms with Crippen molar-refractivity contribution in [1.82, 2.24) is 0 Å². The maximum absolute atomic E-state index is 2.31. The Bertz CT molecular complexity index is 88.5. The van der Waals surface area contributed by atoms with E-state index in [0.29, 0.717) is 0 Å². The maximum Gasteiger partial charge on any atom is 0.0328 e. The molecule has 1 rings (SSSR count). The molecule has 0 N–H and O–H groups in total. The van der Waals surface area contributed by atoms with Gasteiger partial charge in [-0.1, -0.05) is 40.7 Å². The van der Waals surface area contributed by atoms with Crippen molar-refractivity contribution < 1.29 is 0 Å². The van der Waals surface area contributed by atoms with E-state index in [1.165, 1.54) is 12.2 Å². The fourth-order valence-corrected chi connectivity index (χ4v) is 2.96. The molecule has 1 heterocycles. The predicted molar refractivity (Wildman–Crippen MR) is 43.3 cm³/mol. The zero-order valence-electron chi connectivity index (χ0n) is 4.96. The van der Waals surface area contributed by atoms with Crippen molar-refractivity contribution in [3.63, 3.8) is 0 Å². The largest absolute Gasteiger partial charge is 0.0894 e. The van der Waals surface area contributed by atoms with Crippen molar-refractivity contribution in [2.45, 2.75) is 18.6 Å². The molecule has 0 saturated carbocycles. The Labute approximate surface area is 58.5 Å². The molecule has 0 unspecified atom stereocenters. The third-order valence-electron chi connectivity index (χ3n) is 1.11. The Balaban J connectivity index is 2.32. The third kappa shape index (κ3) is 1.75. The highest BCUT2D eigenvalue weighted by Gasteiger charge is 2.04. The molecule has 0 spiro atoms. The van der Waals surface area contributed by atoms with Gasteiger partial charge in [0.05, 0.1) is 0 Å². The predicted octanol–water partition coefficient (Wildman–Crippen LogP) is 2.72. The summed E-state index contributed by atoms with van der Waals surface area (Å²) in [6.45, 7) is 2.23. The molecule has 1 aliphatic heterocycles.